The first-order valence-electron chi connectivity index (χ1n) is 3.85. The first-order chi connectivity index (χ1) is 5.00. The maximum atomic E-state index is 5.70. The lowest BCUT2D eigenvalue weighted by Crippen LogP contribution is -2.06. The summed E-state index contributed by atoms with van der Waals surface area (Å²) in [5, 5.41) is 0. The molecule has 0 saturated heterocycles. The van der Waals surface area contributed by atoms with Crippen molar-refractivity contribution >= 4 is 0 Å². The summed E-state index contributed by atoms with van der Waals surface area (Å²) in [4.78, 5) is 0. The van der Waals surface area contributed by atoms with Gasteiger partial charge in [-0.05, 0) is 37.1 Å². The molecule has 0 aliphatic heterocycles. The van der Waals surface area contributed by atoms with Crippen molar-refractivity contribution in [3.8, 4) is 0 Å². The molecule has 0 aromatic rings. The van der Waals surface area contributed by atoms with Crippen molar-refractivity contribution in [1.29, 1.82) is 0 Å². The number of nitrogens with two attached hydrogens (primary N) is 2. The minimum Gasteiger partial charge on any atom is -0.404 e. The Labute approximate surface area is 69.0 Å². The van der Waals surface area contributed by atoms with Crippen LogP contribution in [-0.2, 0) is 0 Å². The van der Waals surface area contributed by atoms with E-state index in [0.717, 1.165) is 16.8 Å². The summed E-state index contributed by atoms with van der Waals surface area (Å²) in [7, 11) is 0. The van der Waals surface area contributed by atoms with Gasteiger partial charge in [-0.25, -0.2) is 0 Å². The van der Waals surface area contributed by atoms with Crippen LogP contribution in [-0.4, -0.2) is 0 Å². The van der Waals surface area contributed by atoms with Crippen LogP contribution in [0.1, 0.15) is 27.7 Å². The van der Waals surface area contributed by atoms with E-state index in [1.54, 1.807) is 6.20 Å². The highest BCUT2D eigenvalue weighted by atomic mass is 14.6. The Balaban J connectivity index is 4.79. The fourth-order valence-corrected chi connectivity index (χ4v) is 1.31. The highest BCUT2D eigenvalue weighted by Crippen LogP contribution is 2.19. The molecule has 64 valence electrons. The van der Waals surface area contributed by atoms with Crippen LogP contribution < -0.4 is 11.5 Å². The molecule has 0 spiro atoms. The van der Waals surface area contributed by atoms with E-state index in [9.17, 15) is 0 Å². The summed E-state index contributed by atoms with van der Waals surface area (Å²) < 4.78 is 0. The molecule has 0 radical (unpaired) electrons. The molecule has 0 bridgehead atoms. The van der Waals surface area contributed by atoms with Gasteiger partial charge in [-0.2, -0.15) is 0 Å². The van der Waals surface area contributed by atoms with Crippen LogP contribution in [0.15, 0.2) is 23.0 Å². The van der Waals surface area contributed by atoms with E-state index in [-0.39, 0.29) is 0 Å². The molecule has 0 unspecified atom stereocenters. The van der Waals surface area contributed by atoms with Crippen molar-refractivity contribution in [3.05, 3.63) is 23.0 Å². The number of allylic oxidation sites excluding steroid dienone is 3. The monoisotopic (exact) mass is 154 g/mol. The summed E-state index contributed by atoms with van der Waals surface area (Å²) in [6.45, 7) is 8.10. The topological polar surface area (TPSA) is 52.0 Å². The van der Waals surface area contributed by atoms with Crippen molar-refractivity contribution in [1.82, 2.24) is 0 Å². The molecule has 0 heterocycles. The molecule has 2 heteroatoms. The molecule has 0 rings (SSSR count). The van der Waals surface area contributed by atoms with Gasteiger partial charge in [0.05, 0.1) is 0 Å². The van der Waals surface area contributed by atoms with Gasteiger partial charge >= 0.3 is 0 Å². The van der Waals surface area contributed by atoms with Crippen LogP contribution in [0.4, 0.5) is 0 Å². The Hall–Kier alpha value is -0.920. The van der Waals surface area contributed by atoms with Crippen LogP contribution in [0, 0.1) is 5.92 Å². The van der Waals surface area contributed by atoms with Crippen LogP contribution in [0.5, 0.6) is 0 Å². The van der Waals surface area contributed by atoms with E-state index in [0.29, 0.717) is 5.92 Å². The second kappa shape index (κ2) is 4.06. The third kappa shape index (κ3) is 2.66. The van der Waals surface area contributed by atoms with E-state index in [1.165, 1.54) is 0 Å². The summed E-state index contributed by atoms with van der Waals surface area (Å²) in [5.41, 5.74) is 14.2. The van der Waals surface area contributed by atoms with Gasteiger partial charge in [0.1, 0.15) is 0 Å². The Kier molecular flexibility index (Phi) is 3.72. The minimum atomic E-state index is 0.444. The zero-order valence-corrected chi connectivity index (χ0v) is 7.81. The molecular formula is C9H18N2. The van der Waals surface area contributed by atoms with Crippen LogP contribution >= 0.6 is 0 Å². The third-order valence-electron chi connectivity index (χ3n) is 1.68. The Bertz CT molecular complexity index is 184. The van der Waals surface area contributed by atoms with E-state index in [2.05, 4.69) is 13.8 Å². The molecule has 0 aliphatic carbocycles. The fourth-order valence-electron chi connectivity index (χ4n) is 1.31. The zero-order valence-electron chi connectivity index (χ0n) is 7.81. The van der Waals surface area contributed by atoms with Gasteiger partial charge in [-0.3, -0.25) is 0 Å². The molecule has 0 aromatic carbocycles. The predicted octanol–water partition coefficient (Wildman–Crippen LogP) is 1.74. The SMILES string of the molecule is CC(=C/N)/C(=C(/C)N)C(C)C. The lowest BCUT2D eigenvalue weighted by Gasteiger charge is -2.13. The van der Waals surface area contributed by atoms with E-state index in [4.69, 9.17) is 11.5 Å². The summed E-state index contributed by atoms with van der Waals surface area (Å²) >= 11 is 0. The van der Waals surface area contributed by atoms with Crippen molar-refractivity contribution in [2.45, 2.75) is 27.7 Å². The predicted molar refractivity (Wildman–Crippen MR) is 49.7 cm³/mol. The lowest BCUT2D eigenvalue weighted by molar-refractivity contribution is 0.762. The standard InChI is InChI=1S/C9H18N2/c1-6(2)9(8(4)11)7(3)5-10/h5-6H,10-11H2,1-4H3/b7-5-,9-8-. The minimum absolute atomic E-state index is 0.444. The average molecular weight is 154 g/mol. The molecule has 4 N–H and O–H groups in total. The van der Waals surface area contributed by atoms with E-state index in [1.807, 2.05) is 13.8 Å². The largest absolute Gasteiger partial charge is 0.404 e. The van der Waals surface area contributed by atoms with E-state index < -0.39 is 0 Å². The van der Waals surface area contributed by atoms with Gasteiger partial charge in [-0.15, -0.1) is 0 Å². The summed E-state index contributed by atoms with van der Waals surface area (Å²) in [6.07, 6.45) is 1.60. The first kappa shape index (κ1) is 10.1. The van der Waals surface area contributed by atoms with Gasteiger partial charge < -0.3 is 11.5 Å². The zero-order chi connectivity index (χ0) is 9.02. The number of hydrogen-bond acceptors (Lipinski definition) is 2. The highest BCUT2D eigenvalue weighted by Gasteiger charge is 2.06. The molecular weight excluding hydrogens is 136 g/mol. The molecule has 0 aliphatic rings. The summed E-state index contributed by atoms with van der Waals surface area (Å²) in [6, 6.07) is 0. The quantitative estimate of drug-likeness (QED) is 0.595. The molecule has 0 fully saturated rings. The van der Waals surface area contributed by atoms with Crippen molar-refractivity contribution in [2.75, 3.05) is 0 Å². The van der Waals surface area contributed by atoms with Crippen molar-refractivity contribution in [2.24, 2.45) is 17.4 Å². The Morgan fingerprint density at radius 1 is 1.27 bits per heavy atom. The van der Waals surface area contributed by atoms with Crippen LogP contribution in [0.3, 0.4) is 0 Å². The maximum Gasteiger partial charge on any atom is 0.00872 e. The Morgan fingerprint density at radius 3 is 1.82 bits per heavy atom. The van der Waals surface area contributed by atoms with Gasteiger partial charge in [0.15, 0.2) is 0 Å². The normalized spacial score (nSPS) is 15.2. The molecule has 11 heavy (non-hydrogen) atoms. The highest BCUT2D eigenvalue weighted by molar-refractivity contribution is 5.32. The van der Waals surface area contributed by atoms with Gasteiger partial charge in [0, 0.05) is 5.70 Å². The Morgan fingerprint density at radius 2 is 1.73 bits per heavy atom. The fraction of sp³-hybridized carbons (Fsp3) is 0.556. The number of hydrogen-bond donors (Lipinski definition) is 2. The smallest absolute Gasteiger partial charge is 0.00872 e. The van der Waals surface area contributed by atoms with Crippen LogP contribution in [0.25, 0.3) is 0 Å². The second-order valence-corrected chi connectivity index (χ2v) is 3.10. The van der Waals surface area contributed by atoms with Gasteiger partial charge in [0.2, 0.25) is 0 Å². The van der Waals surface area contributed by atoms with Gasteiger partial charge in [-0.1, -0.05) is 13.8 Å². The van der Waals surface area contributed by atoms with Crippen LogP contribution in [0.2, 0.25) is 0 Å². The lowest BCUT2D eigenvalue weighted by atomic mass is 9.95. The third-order valence-corrected chi connectivity index (χ3v) is 1.68. The number of rotatable bonds is 2. The summed E-state index contributed by atoms with van der Waals surface area (Å²) in [5.74, 6) is 0.444. The first-order valence-corrected chi connectivity index (χ1v) is 3.85. The van der Waals surface area contributed by atoms with Crippen molar-refractivity contribution in [3.63, 3.8) is 0 Å². The molecule has 0 saturated carbocycles. The maximum absolute atomic E-state index is 5.70. The molecule has 0 amide bonds. The second-order valence-electron chi connectivity index (χ2n) is 3.10. The molecule has 2 nitrogen and oxygen atoms in total. The molecule has 0 atom stereocenters. The molecule has 0 aromatic heterocycles. The van der Waals surface area contributed by atoms with Crippen molar-refractivity contribution < 1.29 is 0 Å². The average Bonchev–Trinajstić information content (AvgIpc) is 1.85. The van der Waals surface area contributed by atoms with Gasteiger partial charge in [0.25, 0.3) is 0 Å². The van der Waals surface area contributed by atoms with E-state index >= 15 is 0 Å².